The van der Waals surface area contributed by atoms with Gasteiger partial charge in [-0.05, 0) is 31.2 Å². The molecule has 0 saturated carbocycles. The number of rotatable bonds is 7. The minimum atomic E-state index is -0.429. The van der Waals surface area contributed by atoms with Crippen LogP contribution < -0.4 is 5.32 Å². The fourth-order valence-electron chi connectivity index (χ4n) is 1.97. The van der Waals surface area contributed by atoms with Crippen LogP contribution in [0.2, 0.25) is 0 Å². The number of carbonyl (C=O) groups is 2. The predicted octanol–water partition coefficient (Wildman–Crippen LogP) is 3.98. The molecule has 2 aromatic rings. The molecule has 1 N–H and O–H groups in total. The van der Waals surface area contributed by atoms with Gasteiger partial charge in [-0.2, -0.15) is 0 Å². The van der Waals surface area contributed by atoms with Crippen molar-refractivity contribution in [3.8, 4) is 0 Å². The normalized spacial score (nSPS) is 10.1. The van der Waals surface area contributed by atoms with E-state index < -0.39 is 5.97 Å². The van der Waals surface area contributed by atoms with E-state index in [2.05, 4.69) is 5.32 Å². The van der Waals surface area contributed by atoms with Crippen molar-refractivity contribution >= 4 is 29.3 Å². The zero-order valence-corrected chi connectivity index (χ0v) is 13.8. The predicted molar refractivity (Wildman–Crippen MR) is 92.8 cm³/mol. The van der Waals surface area contributed by atoms with Crippen LogP contribution in [-0.2, 0) is 9.53 Å². The third kappa shape index (κ3) is 5.45. The Balaban J connectivity index is 1.89. The Labute approximate surface area is 140 Å². The van der Waals surface area contributed by atoms with Gasteiger partial charge in [0.2, 0.25) is 5.91 Å². The van der Waals surface area contributed by atoms with Crippen LogP contribution in [0.25, 0.3) is 0 Å². The SMILES string of the molecule is CCOC(=O)c1ccccc1NC(=O)CCSc1ccccc1. The van der Waals surface area contributed by atoms with E-state index in [0.29, 0.717) is 30.0 Å². The van der Waals surface area contributed by atoms with Crippen LogP contribution >= 0.6 is 11.8 Å². The van der Waals surface area contributed by atoms with E-state index in [-0.39, 0.29) is 5.91 Å². The standard InChI is InChI=1S/C18H19NO3S/c1-2-22-18(21)15-10-6-7-11-16(15)19-17(20)12-13-23-14-8-4-3-5-9-14/h3-11H,2,12-13H2,1H3,(H,19,20). The summed E-state index contributed by atoms with van der Waals surface area (Å²) >= 11 is 1.63. The zero-order chi connectivity index (χ0) is 16.5. The van der Waals surface area contributed by atoms with Crippen molar-refractivity contribution in [1.29, 1.82) is 0 Å². The molecule has 0 atom stereocenters. The van der Waals surface area contributed by atoms with Crippen molar-refractivity contribution in [2.24, 2.45) is 0 Å². The number of nitrogens with one attached hydrogen (secondary N) is 1. The lowest BCUT2D eigenvalue weighted by atomic mass is 10.1. The maximum Gasteiger partial charge on any atom is 0.340 e. The average Bonchev–Trinajstić information content (AvgIpc) is 2.56. The number of ether oxygens (including phenoxy) is 1. The van der Waals surface area contributed by atoms with Gasteiger partial charge in [0.1, 0.15) is 0 Å². The quantitative estimate of drug-likeness (QED) is 0.616. The van der Waals surface area contributed by atoms with Crippen LogP contribution in [0.1, 0.15) is 23.7 Å². The van der Waals surface area contributed by atoms with Gasteiger partial charge in [-0.15, -0.1) is 11.8 Å². The van der Waals surface area contributed by atoms with Gasteiger partial charge in [-0.1, -0.05) is 30.3 Å². The molecule has 0 aliphatic heterocycles. The molecule has 0 spiro atoms. The number of hydrogen-bond donors (Lipinski definition) is 1. The van der Waals surface area contributed by atoms with E-state index in [4.69, 9.17) is 4.74 Å². The number of amides is 1. The average molecular weight is 329 g/mol. The number of carbonyl (C=O) groups excluding carboxylic acids is 2. The molecule has 0 aromatic heterocycles. The monoisotopic (exact) mass is 329 g/mol. The summed E-state index contributed by atoms with van der Waals surface area (Å²) in [5, 5.41) is 2.78. The summed E-state index contributed by atoms with van der Waals surface area (Å²) in [6.45, 7) is 2.05. The first-order valence-electron chi connectivity index (χ1n) is 7.44. The molecule has 0 aliphatic rings. The number of anilines is 1. The first-order valence-corrected chi connectivity index (χ1v) is 8.43. The van der Waals surface area contributed by atoms with Gasteiger partial charge in [0.25, 0.3) is 0 Å². The molecule has 0 unspecified atom stereocenters. The maximum atomic E-state index is 12.1. The highest BCUT2D eigenvalue weighted by atomic mass is 32.2. The van der Waals surface area contributed by atoms with Crippen molar-refractivity contribution in [2.75, 3.05) is 17.7 Å². The zero-order valence-electron chi connectivity index (χ0n) is 13.0. The van der Waals surface area contributed by atoms with Gasteiger partial charge in [0.05, 0.1) is 17.9 Å². The summed E-state index contributed by atoms with van der Waals surface area (Å²) in [5.74, 6) is 0.129. The molecule has 0 heterocycles. The van der Waals surface area contributed by atoms with Crippen LogP contribution in [0, 0.1) is 0 Å². The Morgan fingerprint density at radius 3 is 2.48 bits per heavy atom. The lowest BCUT2D eigenvalue weighted by molar-refractivity contribution is -0.115. The van der Waals surface area contributed by atoms with E-state index in [9.17, 15) is 9.59 Å². The third-order valence-electron chi connectivity index (χ3n) is 3.04. The molecule has 0 fully saturated rings. The van der Waals surface area contributed by atoms with Crippen LogP contribution in [0.3, 0.4) is 0 Å². The van der Waals surface area contributed by atoms with Crippen LogP contribution in [0.15, 0.2) is 59.5 Å². The Morgan fingerprint density at radius 2 is 1.74 bits per heavy atom. The molecule has 5 heteroatoms. The smallest absolute Gasteiger partial charge is 0.340 e. The van der Waals surface area contributed by atoms with Gasteiger partial charge in [0, 0.05) is 17.1 Å². The molecule has 120 valence electrons. The largest absolute Gasteiger partial charge is 0.462 e. The highest BCUT2D eigenvalue weighted by Gasteiger charge is 2.13. The highest BCUT2D eigenvalue weighted by Crippen LogP contribution is 2.19. The third-order valence-corrected chi connectivity index (χ3v) is 4.05. The van der Waals surface area contributed by atoms with Crippen molar-refractivity contribution in [3.05, 3.63) is 60.2 Å². The minimum absolute atomic E-state index is 0.120. The van der Waals surface area contributed by atoms with Crippen molar-refractivity contribution in [1.82, 2.24) is 0 Å². The second kappa shape index (κ2) is 9.00. The Hall–Kier alpha value is -2.27. The molecule has 4 nitrogen and oxygen atoms in total. The Bertz CT molecular complexity index is 658. The molecule has 0 saturated heterocycles. The first-order chi connectivity index (χ1) is 11.2. The van der Waals surface area contributed by atoms with E-state index in [1.165, 1.54) is 0 Å². The molecule has 0 radical (unpaired) electrons. The molecule has 2 aromatic carbocycles. The summed E-state index contributed by atoms with van der Waals surface area (Å²) in [7, 11) is 0. The van der Waals surface area contributed by atoms with Crippen LogP contribution in [0.5, 0.6) is 0 Å². The molecular formula is C18H19NO3S. The second-order valence-corrected chi connectivity index (χ2v) is 5.89. The van der Waals surface area contributed by atoms with Gasteiger partial charge in [-0.3, -0.25) is 4.79 Å². The number of thioether (sulfide) groups is 1. The van der Waals surface area contributed by atoms with E-state index >= 15 is 0 Å². The van der Waals surface area contributed by atoms with E-state index in [1.54, 1.807) is 43.0 Å². The number of para-hydroxylation sites is 1. The summed E-state index contributed by atoms with van der Waals surface area (Å²) in [4.78, 5) is 25.1. The van der Waals surface area contributed by atoms with Crippen LogP contribution in [-0.4, -0.2) is 24.2 Å². The topological polar surface area (TPSA) is 55.4 Å². The number of esters is 1. The van der Waals surface area contributed by atoms with E-state index in [1.807, 2.05) is 30.3 Å². The highest BCUT2D eigenvalue weighted by molar-refractivity contribution is 7.99. The Morgan fingerprint density at radius 1 is 1.04 bits per heavy atom. The van der Waals surface area contributed by atoms with Crippen molar-refractivity contribution in [3.63, 3.8) is 0 Å². The lowest BCUT2D eigenvalue weighted by Crippen LogP contribution is -2.16. The van der Waals surface area contributed by atoms with Gasteiger partial charge >= 0.3 is 5.97 Å². The van der Waals surface area contributed by atoms with E-state index in [0.717, 1.165) is 4.90 Å². The minimum Gasteiger partial charge on any atom is -0.462 e. The Kier molecular flexibility index (Phi) is 6.69. The summed E-state index contributed by atoms with van der Waals surface area (Å²) in [5.41, 5.74) is 0.860. The van der Waals surface area contributed by atoms with Gasteiger partial charge in [-0.25, -0.2) is 4.79 Å². The summed E-state index contributed by atoms with van der Waals surface area (Å²) < 4.78 is 4.99. The van der Waals surface area contributed by atoms with Gasteiger partial charge in [0.15, 0.2) is 0 Å². The molecule has 1 amide bonds. The molecule has 23 heavy (non-hydrogen) atoms. The van der Waals surface area contributed by atoms with Gasteiger partial charge < -0.3 is 10.1 Å². The molecule has 2 rings (SSSR count). The maximum absolute atomic E-state index is 12.1. The molecular weight excluding hydrogens is 310 g/mol. The molecule has 0 aliphatic carbocycles. The first kappa shape index (κ1) is 17.1. The summed E-state index contributed by atoms with van der Waals surface area (Å²) in [6.07, 6.45) is 0.372. The summed E-state index contributed by atoms with van der Waals surface area (Å²) in [6, 6.07) is 16.8. The second-order valence-electron chi connectivity index (χ2n) is 4.73. The lowest BCUT2D eigenvalue weighted by Gasteiger charge is -2.10. The number of benzene rings is 2. The molecule has 0 bridgehead atoms. The van der Waals surface area contributed by atoms with Crippen LogP contribution in [0.4, 0.5) is 5.69 Å². The fourth-order valence-corrected chi connectivity index (χ4v) is 2.84. The van der Waals surface area contributed by atoms with Crippen molar-refractivity contribution in [2.45, 2.75) is 18.2 Å². The fraction of sp³-hybridized carbons (Fsp3) is 0.222. The number of hydrogen-bond acceptors (Lipinski definition) is 4. The van der Waals surface area contributed by atoms with Crippen molar-refractivity contribution < 1.29 is 14.3 Å².